The van der Waals surface area contributed by atoms with Gasteiger partial charge in [0.2, 0.25) is 5.91 Å². The second-order valence-electron chi connectivity index (χ2n) is 2.94. The van der Waals surface area contributed by atoms with Crippen molar-refractivity contribution in [3.05, 3.63) is 0 Å². The highest BCUT2D eigenvalue weighted by atomic mass is 16.5. The summed E-state index contributed by atoms with van der Waals surface area (Å²) in [6.45, 7) is 2.09. The Morgan fingerprint density at radius 1 is 1.57 bits per heavy atom. The van der Waals surface area contributed by atoms with Gasteiger partial charge in [0, 0.05) is 13.7 Å². The Balaban J connectivity index is 4.22. The quantitative estimate of drug-likeness (QED) is 0.548. The molecule has 0 aliphatic heterocycles. The Morgan fingerprint density at radius 2 is 2.14 bits per heavy atom. The molecule has 82 valence electrons. The largest absolute Gasteiger partial charge is 0.480 e. The lowest BCUT2D eigenvalue weighted by Gasteiger charge is -2.24. The summed E-state index contributed by atoms with van der Waals surface area (Å²) in [5.74, 6) is -1.53. The van der Waals surface area contributed by atoms with Gasteiger partial charge in [-0.05, 0) is 6.92 Å². The number of rotatable bonds is 7. The number of methoxy groups -OCH3 is 1. The number of aliphatic carboxylic acids is 1. The SMILES string of the molecule is COCCN(CC(=O)O)C(C)C(N)=O. The summed E-state index contributed by atoms with van der Waals surface area (Å²) >= 11 is 0. The maximum Gasteiger partial charge on any atom is 0.317 e. The van der Waals surface area contributed by atoms with Crippen LogP contribution in [0.5, 0.6) is 0 Å². The molecule has 1 atom stereocenters. The van der Waals surface area contributed by atoms with Crippen LogP contribution in [0.25, 0.3) is 0 Å². The van der Waals surface area contributed by atoms with Crippen LogP contribution in [-0.2, 0) is 14.3 Å². The minimum absolute atomic E-state index is 0.215. The average Bonchev–Trinajstić information content (AvgIpc) is 2.10. The number of amides is 1. The van der Waals surface area contributed by atoms with E-state index in [0.717, 1.165) is 0 Å². The van der Waals surface area contributed by atoms with Crippen molar-refractivity contribution in [1.29, 1.82) is 0 Å². The smallest absolute Gasteiger partial charge is 0.317 e. The fourth-order valence-corrected chi connectivity index (χ4v) is 0.972. The van der Waals surface area contributed by atoms with Gasteiger partial charge in [0.05, 0.1) is 19.2 Å². The van der Waals surface area contributed by atoms with Crippen molar-refractivity contribution >= 4 is 11.9 Å². The van der Waals surface area contributed by atoms with E-state index in [2.05, 4.69) is 0 Å². The summed E-state index contributed by atoms with van der Waals surface area (Å²) in [6.07, 6.45) is 0. The number of ether oxygens (including phenoxy) is 1. The fourth-order valence-electron chi connectivity index (χ4n) is 0.972. The lowest BCUT2D eigenvalue weighted by molar-refractivity contribution is -0.139. The summed E-state index contributed by atoms with van der Waals surface area (Å²) in [6, 6.07) is -0.596. The Labute approximate surface area is 82.6 Å². The molecule has 0 rings (SSSR count). The molecule has 3 N–H and O–H groups in total. The van der Waals surface area contributed by atoms with Gasteiger partial charge in [-0.25, -0.2) is 0 Å². The monoisotopic (exact) mass is 204 g/mol. The van der Waals surface area contributed by atoms with Crippen LogP contribution in [-0.4, -0.2) is 54.7 Å². The van der Waals surface area contributed by atoms with Crippen LogP contribution in [0, 0.1) is 0 Å². The first-order valence-corrected chi connectivity index (χ1v) is 4.23. The van der Waals surface area contributed by atoms with E-state index in [0.29, 0.717) is 13.2 Å². The maximum atomic E-state index is 10.8. The first-order chi connectivity index (χ1) is 6.49. The van der Waals surface area contributed by atoms with Gasteiger partial charge < -0.3 is 15.6 Å². The summed E-state index contributed by atoms with van der Waals surface area (Å²) in [4.78, 5) is 22.8. The van der Waals surface area contributed by atoms with Gasteiger partial charge in [-0.3, -0.25) is 14.5 Å². The Morgan fingerprint density at radius 3 is 2.50 bits per heavy atom. The summed E-state index contributed by atoms with van der Waals surface area (Å²) in [5, 5.41) is 8.58. The Bertz CT molecular complexity index is 208. The van der Waals surface area contributed by atoms with Crippen molar-refractivity contribution in [3.8, 4) is 0 Å². The first kappa shape index (κ1) is 12.9. The zero-order valence-electron chi connectivity index (χ0n) is 8.40. The third-order valence-corrected chi connectivity index (χ3v) is 1.88. The molecule has 6 nitrogen and oxygen atoms in total. The average molecular weight is 204 g/mol. The van der Waals surface area contributed by atoms with Crippen LogP contribution < -0.4 is 5.73 Å². The second kappa shape index (κ2) is 6.33. The predicted octanol–water partition coefficient (Wildman–Crippen LogP) is -1.11. The van der Waals surface area contributed by atoms with Gasteiger partial charge in [0.1, 0.15) is 0 Å². The van der Waals surface area contributed by atoms with E-state index in [-0.39, 0.29) is 6.54 Å². The zero-order chi connectivity index (χ0) is 11.1. The second-order valence-corrected chi connectivity index (χ2v) is 2.94. The molecule has 0 aliphatic carbocycles. The number of nitrogens with two attached hydrogens (primary N) is 1. The van der Waals surface area contributed by atoms with E-state index < -0.39 is 17.9 Å². The highest BCUT2D eigenvalue weighted by Gasteiger charge is 2.20. The lowest BCUT2D eigenvalue weighted by Crippen LogP contribution is -2.46. The molecule has 0 radical (unpaired) electrons. The van der Waals surface area contributed by atoms with Crippen LogP contribution in [0.3, 0.4) is 0 Å². The Hall–Kier alpha value is -1.14. The van der Waals surface area contributed by atoms with Crippen molar-refractivity contribution in [1.82, 2.24) is 4.90 Å². The molecule has 0 fully saturated rings. The van der Waals surface area contributed by atoms with Crippen LogP contribution in [0.2, 0.25) is 0 Å². The summed E-state index contributed by atoms with van der Waals surface area (Å²) in [7, 11) is 1.51. The number of carboxylic acid groups (broad SMARTS) is 1. The minimum atomic E-state index is -0.991. The molecule has 0 aromatic heterocycles. The van der Waals surface area contributed by atoms with E-state index in [1.165, 1.54) is 12.0 Å². The number of hydrogen-bond acceptors (Lipinski definition) is 4. The van der Waals surface area contributed by atoms with Crippen LogP contribution in [0.15, 0.2) is 0 Å². The van der Waals surface area contributed by atoms with Crippen LogP contribution in [0.1, 0.15) is 6.92 Å². The van der Waals surface area contributed by atoms with Gasteiger partial charge in [-0.15, -0.1) is 0 Å². The van der Waals surface area contributed by atoms with Gasteiger partial charge >= 0.3 is 5.97 Å². The number of nitrogens with zero attached hydrogens (tertiary/aromatic N) is 1. The molecular weight excluding hydrogens is 188 g/mol. The third-order valence-electron chi connectivity index (χ3n) is 1.88. The van der Waals surface area contributed by atoms with Gasteiger partial charge in [0.25, 0.3) is 0 Å². The molecule has 1 unspecified atom stereocenters. The summed E-state index contributed by atoms with van der Waals surface area (Å²) < 4.78 is 4.80. The summed E-state index contributed by atoms with van der Waals surface area (Å²) in [5.41, 5.74) is 5.07. The molecule has 0 aromatic rings. The van der Waals surface area contributed by atoms with Crippen molar-refractivity contribution in [3.63, 3.8) is 0 Å². The Kier molecular flexibility index (Phi) is 5.82. The van der Waals surface area contributed by atoms with E-state index in [9.17, 15) is 9.59 Å². The highest BCUT2D eigenvalue weighted by molar-refractivity contribution is 5.80. The van der Waals surface area contributed by atoms with Gasteiger partial charge in [-0.2, -0.15) is 0 Å². The topological polar surface area (TPSA) is 92.9 Å². The normalized spacial score (nSPS) is 12.8. The molecule has 0 bridgehead atoms. The predicted molar refractivity (Wildman–Crippen MR) is 49.7 cm³/mol. The van der Waals surface area contributed by atoms with Gasteiger partial charge in [-0.1, -0.05) is 0 Å². The number of carbonyl (C=O) groups excluding carboxylic acids is 1. The highest BCUT2D eigenvalue weighted by Crippen LogP contribution is 1.97. The van der Waals surface area contributed by atoms with Gasteiger partial charge in [0.15, 0.2) is 0 Å². The third kappa shape index (κ3) is 4.78. The molecule has 14 heavy (non-hydrogen) atoms. The lowest BCUT2D eigenvalue weighted by atomic mass is 10.2. The van der Waals surface area contributed by atoms with Crippen molar-refractivity contribution in [2.24, 2.45) is 5.73 Å². The molecule has 0 spiro atoms. The van der Waals surface area contributed by atoms with Crippen molar-refractivity contribution < 1.29 is 19.4 Å². The van der Waals surface area contributed by atoms with Crippen LogP contribution >= 0.6 is 0 Å². The minimum Gasteiger partial charge on any atom is -0.480 e. The standard InChI is InChI=1S/C8H16N2O4/c1-6(8(9)13)10(3-4-14-2)5-7(11)12/h6H,3-5H2,1-2H3,(H2,9,13)(H,11,12). The van der Waals surface area contributed by atoms with Crippen molar-refractivity contribution in [2.45, 2.75) is 13.0 Å². The fraction of sp³-hybridized carbons (Fsp3) is 0.750. The molecule has 0 saturated carbocycles. The molecule has 0 aliphatic rings. The molecule has 0 saturated heterocycles. The van der Waals surface area contributed by atoms with E-state index in [1.807, 2.05) is 0 Å². The van der Waals surface area contributed by atoms with Crippen molar-refractivity contribution in [2.75, 3.05) is 26.8 Å². The van der Waals surface area contributed by atoms with E-state index in [1.54, 1.807) is 6.92 Å². The first-order valence-electron chi connectivity index (χ1n) is 4.23. The number of carboxylic acids is 1. The molecule has 0 heterocycles. The maximum absolute atomic E-state index is 10.8. The van der Waals surface area contributed by atoms with E-state index in [4.69, 9.17) is 15.6 Å². The molecular formula is C8H16N2O4. The van der Waals surface area contributed by atoms with E-state index >= 15 is 0 Å². The zero-order valence-corrected chi connectivity index (χ0v) is 8.40. The number of hydrogen-bond donors (Lipinski definition) is 2. The van der Waals surface area contributed by atoms with Crippen LogP contribution in [0.4, 0.5) is 0 Å². The number of carbonyl (C=O) groups is 2. The number of primary amides is 1. The molecule has 0 aromatic carbocycles. The molecule has 1 amide bonds. The molecule has 6 heteroatoms.